The Morgan fingerprint density at radius 1 is 1.14 bits per heavy atom. The van der Waals surface area contributed by atoms with Gasteiger partial charge in [-0.3, -0.25) is 0 Å². The summed E-state index contributed by atoms with van der Waals surface area (Å²) in [6.45, 7) is 5.56. The number of anilines is 1. The SMILES string of the molecule is CC(C)(C)OC(=O)NC1CN(c2cc(Cl)ncn2)CC1c1cc(F)c(F)cc1F. The zero-order valence-electron chi connectivity index (χ0n) is 16.0. The number of carbonyl (C=O) groups excluding carboxylic acids is 1. The Hall–Kier alpha value is -2.55. The van der Waals surface area contributed by atoms with E-state index in [4.69, 9.17) is 16.3 Å². The third-order valence-corrected chi connectivity index (χ3v) is 4.61. The number of ether oxygens (including phenoxy) is 1. The molecule has 156 valence electrons. The molecule has 2 heterocycles. The van der Waals surface area contributed by atoms with Crippen LogP contribution < -0.4 is 10.2 Å². The van der Waals surface area contributed by atoms with E-state index >= 15 is 0 Å². The molecule has 6 nitrogen and oxygen atoms in total. The molecule has 1 aromatic heterocycles. The molecule has 0 bridgehead atoms. The first-order valence-corrected chi connectivity index (χ1v) is 9.28. The summed E-state index contributed by atoms with van der Waals surface area (Å²) in [4.78, 5) is 22.0. The topological polar surface area (TPSA) is 67.3 Å². The minimum atomic E-state index is -1.28. The van der Waals surface area contributed by atoms with Crippen LogP contribution in [0.2, 0.25) is 5.15 Å². The molecule has 0 aliphatic carbocycles. The van der Waals surface area contributed by atoms with Crippen molar-refractivity contribution in [3.63, 3.8) is 0 Å². The first kappa shape index (κ1) is 21.2. The number of rotatable bonds is 3. The van der Waals surface area contributed by atoms with Crippen molar-refractivity contribution in [2.45, 2.75) is 38.3 Å². The number of nitrogens with zero attached hydrogens (tertiary/aromatic N) is 3. The van der Waals surface area contributed by atoms with Crippen molar-refractivity contribution in [3.8, 4) is 0 Å². The van der Waals surface area contributed by atoms with Crippen LogP contribution in [0.3, 0.4) is 0 Å². The predicted octanol–water partition coefficient (Wildman–Crippen LogP) is 4.04. The van der Waals surface area contributed by atoms with Crippen LogP contribution in [-0.2, 0) is 4.74 Å². The van der Waals surface area contributed by atoms with Gasteiger partial charge in [0.1, 0.15) is 28.7 Å². The lowest BCUT2D eigenvalue weighted by Gasteiger charge is -2.24. The molecule has 1 fully saturated rings. The maximum Gasteiger partial charge on any atom is 0.407 e. The van der Waals surface area contributed by atoms with Crippen molar-refractivity contribution in [1.29, 1.82) is 0 Å². The second-order valence-corrected chi connectivity index (χ2v) is 8.14. The molecule has 1 N–H and O–H groups in total. The van der Waals surface area contributed by atoms with Gasteiger partial charge in [-0.05, 0) is 32.4 Å². The molecular weight excluding hydrogens is 409 g/mol. The average Bonchev–Trinajstić information content (AvgIpc) is 3.00. The normalized spacial score (nSPS) is 19.3. The molecule has 0 saturated carbocycles. The Bertz CT molecular complexity index is 923. The monoisotopic (exact) mass is 428 g/mol. The summed E-state index contributed by atoms with van der Waals surface area (Å²) in [7, 11) is 0. The van der Waals surface area contributed by atoms with Crippen LogP contribution in [0.1, 0.15) is 32.3 Å². The number of amides is 1. The highest BCUT2D eigenvalue weighted by molar-refractivity contribution is 6.29. The standard InChI is InChI=1S/C19H20ClF3N4O2/c1-19(2,3)29-18(28)26-15-8-27(17-6-16(20)24-9-25-17)7-11(15)10-4-13(22)14(23)5-12(10)21/h4-6,9,11,15H,7-8H2,1-3H3,(H,26,28). The van der Waals surface area contributed by atoms with E-state index in [0.29, 0.717) is 11.9 Å². The Kier molecular flexibility index (Phi) is 5.88. The van der Waals surface area contributed by atoms with Crippen molar-refractivity contribution < 1.29 is 22.7 Å². The Balaban J connectivity index is 1.91. The van der Waals surface area contributed by atoms with E-state index in [-0.39, 0.29) is 23.8 Å². The first-order chi connectivity index (χ1) is 13.5. The Labute approximate surface area is 171 Å². The molecule has 10 heteroatoms. The van der Waals surface area contributed by atoms with Gasteiger partial charge in [-0.2, -0.15) is 0 Å². The highest BCUT2D eigenvalue weighted by atomic mass is 35.5. The number of carbonyl (C=O) groups is 1. The van der Waals surface area contributed by atoms with Gasteiger partial charge in [0.05, 0.1) is 6.04 Å². The average molecular weight is 429 g/mol. The van der Waals surface area contributed by atoms with Gasteiger partial charge >= 0.3 is 6.09 Å². The third kappa shape index (κ3) is 5.09. The summed E-state index contributed by atoms with van der Waals surface area (Å²) < 4.78 is 46.9. The zero-order valence-corrected chi connectivity index (χ0v) is 16.8. The lowest BCUT2D eigenvalue weighted by molar-refractivity contribution is 0.0504. The molecule has 2 atom stereocenters. The largest absolute Gasteiger partial charge is 0.444 e. The smallest absolute Gasteiger partial charge is 0.407 e. The number of benzene rings is 1. The predicted molar refractivity (Wildman–Crippen MR) is 101 cm³/mol. The second-order valence-electron chi connectivity index (χ2n) is 7.75. The summed E-state index contributed by atoms with van der Waals surface area (Å²) in [6.07, 6.45) is 0.581. The second kappa shape index (κ2) is 8.06. The van der Waals surface area contributed by atoms with Gasteiger partial charge in [0.2, 0.25) is 0 Å². The van der Waals surface area contributed by atoms with Gasteiger partial charge in [-0.1, -0.05) is 11.6 Å². The van der Waals surface area contributed by atoms with Gasteiger partial charge in [0.15, 0.2) is 11.6 Å². The van der Waals surface area contributed by atoms with Crippen molar-refractivity contribution in [2.75, 3.05) is 18.0 Å². The fourth-order valence-corrected chi connectivity index (χ4v) is 3.37. The number of hydrogen-bond acceptors (Lipinski definition) is 5. The van der Waals surface area contributed by atoms with Crippen LogP contribution in [0.25, 0.3) is 0 Å². The minimum absolute atomic E-state index is 0.0485. The number of hydrogen-bond donors (Lipinski definition) is 1. The van der Waals surface area contributed by atoms with Crippen molar-refractivity contribution in [3.05, 3.63) is 52.7 Å². The van der Waals surface area contributed by atoms with E-state index in [1.807, 2.05) is 0 Å². The molecule has 2 aromatic rings. The van der Waals surface area contributed by atoms with Crippen molar-refractivity contribution in [2.24, 2.45) is 0 Å². The Morgan fingerprint density at radius 2 is 1.83 bits per heavy atom. The highest BCUT2D eigenvalue weighted by Crippen LogP contribution is 2.33. The van der Waals surface area contributed by atoms with Crippen molar-refractivity contribution in [1.82, 2.24) is 15.3 Å². The minimum Gasteiger partial charge on any atom is -0.444 e. The fraction of sp³-hybridized carbons (Fsp3) is 0.421. The molecule has 3 rings (SSSR count). The molecular formula is C19H20ClF3N4O2. The molecule has 0 radical (unpaired) electrons. The van der Waals surface area contributed by atoms with Crippen LogP contribution in [0.4, 0.5) is 23.8 Å². The molecule has 0 spiro atoms. The van der Waals surface area contributed by atoms with E-state index < -0.39 is 41.1 Å². The van der Waals surface area contributed by atoms with Gasteiger partial charge in [-0.25, -0.2) is 27.9 Å². The van der Waals surface area contributed by atoms with E-state index in [1.54, 1.807) is 25.7 Å². The van der Waals surface area contributed by atoms with Gasteiger partial charge in [-0.15, -0.1) is 0 Å². The Morgan fingerprint density at radius 3 is 2.48 bits per heavy atom. The number of halogens is 4. The molecule has 2 unspecified atom stereocenters. The number of nitrogens with one attached hydrogen (secondary N) is 1. The highest BCUT2D eigenvalue weighted by Gasteiger charge is 2.38. The summed E-state index contributed by atoms with van der Waals surface area (Å²) in [5.74, 6) is -3.55. The van der Waals surface area contributed by atoms with Crippen LogP contribution in [0, 0.1) is 17.5 Å². The van der Waals surface area contributed by atoms with Crippen LogP contribution in [0.5, 0.6) is 0 Å². The fourth-order valence-electron chi connectivity index (χ4n) is 3.23. The van der Waals surface area contributed by atoms with Crippen molar-refractivity contribution >= 4 is 23.5 Å². The maximum atomic E-state index is 14.4. The van der Waals surface area contributed by atoms with Crippen LogP contribution >= 0.6 is 11.6 Å². The van der Waals surface area contributed by atoms with Crippen LogP contribution in [-0.4, -0.2) is 40.8 Å². The summed E-state index contributed by atoms with van der Waals surface area (Å²) in [5, 5.41) is 2.91. The summed E-state index contributed by atoms with van der Waals surface area (Å²) in [6, 6.07) is 2.20. The van der Waals surface area contributed by atoms with E-state index in [9.17, 15) is 18.0 Å². The van der Waals surface area contributed by atoms with Crippen LogP contribution in [0.15, 0.2) is 24.5 Å². The van der Waals surface area contributed by atoms with Gasteiger partial charge in [0, 0.05) is 31.1 Å². The number of aromatic nitrogens is 2. The zero-order chi connectivity index (χ0) is 21.3. The molecule has 1 saturated heterocycles. The molecule has 1 aliphatic rings. The lowest BCUT2D eigenvalue weighted by Crippen LogP contribution is -2.43. The molecule has 29 heavy (non-hydrogen) atoms. The molecule has 1 aliphatic heterocycles. The van der Waals surface area contributed by atoms with E-state index in [2.05, 4.69) is 15.3 Å². The van der Waals surface area contributed by atoms with E-state index in [1.165, 1.54) is 12.4 Å². The van der Waals surface area contributed by atoms with Gasteiger partial charge < -0.3 is 15.0 Å². The lowest BCUT2D eigenvalue weighted by atomic mass is 9.93. The third-order valence-electron chi connectivity index (χ3n) is 4.40. The molecule has 1 amide bonds. The molecule has 1 aromatic carbocycles. The summed E-state index contributed by atoms with van der Waals surface area (Å²) in [5.41, 5.74) is -0.779. The first-order valence-electron chi connectivity index (χ1n) is 8.90. The summed E-state index contributed by atoms with van der Waals surface area (Å²) >= 11 is 5.91. The van der Waals surface area contributed by atoms with E-state index in [0.717, 1.165) is 6.07 Å². The quantitative estimate of drug-likeness (QED) is 0.590. The number of alkyl carbamates (subject to hydrolysis) is 1. The maximum absolute atomic E-state index is 14.4. The van der Waals surface area contributed by atoms with Gasteiger partial charge in [0.25, 0.3) is 0 Å².